The Kier molecular flexibility index (Phi) is 5.56. The van der Waals surface area contributed by atoms with Gasteiger partial charge in [-0.25, -0.2) is 8.42 Å². The van der Waals surface area contributed by atoms with Crippen LogP contribution in [0.3, 0.4) is 0 Å². The van der Waals surface area contributed by atoms with Gasteiger partial charge in [-0.05, 0) is 30.9 Å². The number of hydrogen-bond acceptors (Lipinski definition) is 3. The number of rotatable bonds is 7. The van der Waals surface area contributed by atoms with Crippen molar-refractivity contribution in [3.8, 4) is 0 Å². The molecule has 0 aromatic heterocycles. The Bertz CT molecular complexity index is 560. The Hall–Kier alpha value is -1.56. The lowest BCUT2D eigenvalue weighted by Crippen LogP contribution is -2.40. The molecule has 0 unspecified atom stereocenters. The summed E-state index contributed by atoms with van der Waals surface area (Å²) in [6.45, 7) is 5.16. The molecule has 0 fully saturated rings. The van der Waals surface area contributed by atoms with E-state index in [-0.39, 0.29) is 12.3 Å². The molecule has 1 amide bonds. The maximum absolute atomic E-state index is 12.3. The van der Waals surface area contributed by atoms with Crippen molar-refractivity contribution in [2.75, 3.05) is 16.6 Å². The van der Waals surface area contributed by atoms with E-state index in [4.69, 9.17) is 5.73 Å². The van der Waals surface area contributed by atoms with Gasteiger partial charge >= 0.3 is 0 Å². The predicted molar refractivity (Wildman–Crippen MR) is 81.2 cm³/mol. The minimum absolute atomic E-state index is 0.0680. The molecule has 0 saturated carbocycles. The van der Waals surface area contributed by atoms with E-state index >= 15 is 0 Å². The predicted octanol–water partition coefficient (Wildman–Crippen LogP) is 1.45. The Balaban J connectivity index is 3.51. The minimum Gasteiger partial charge on any atom is -0.368 e. The number of nitrogens with two attached hydrogens (primary N) is 1. The van der Waals surface area contributed by atoms with Crippen molar-refractivity contribution < 1.29 is 13.2 Å². The molecule has 1 aromatic rings. The molecular weight excluding hydrogens is 276 g/mol. The van der Waals surface area contributed by atoms with E-state index in [0.29, 0.717) is 18.5 Å². The van der Waals surface area contributed by atoms with Crippen LogP contribution in [-0.2, 0) is 27.7 Å². The maximum atomic E-state index is 12.3. The maximum Gasteiger partial charge on any atom is 0.238 e. The van der Waals surface area contributed by atoms with Crippen LogP contribution in [0.4, 0.5) is 5.69 Å². The highest BCUT2D eigenvalue weighted by Gasteiger charge is 2.26. The van der Waals surface area contributed by atoms with Crippen LogP contribution < -0.4 is 10.0 Å². The second-order valence-electron chi connectivity index (χ2n) is 4.51. The summed E-state index contributed by atoms with van der Waals surface area (Å²) in [5.41, 5.74) is 7.64. The highest BCUT2D eigenvalue weighted by atomic mass is 32.2. The summed E-state index contributed by atoms with van der Waals surface area (Å²) in [5.74, 6) is -0.725. The highest BCUT2D eigenvalue weighted by molar-refractivity contribution is 7.92. The number of nitrogens with zero attached hydrogens (tertiary/aromatic N) is 1. The number of anilines is 1. The number of carbonyl (C=O) groups is 1. The van der Waals surface area contributed by atoms with Crippen LogP contribution in [0.25, 0.3) is 0 Å². The lowest BCUT2D eigenvalue weighted by molar-refractivity contribution is -0.116. The van der Waals surface area contributed by atoms with Gasteiger partial charge < -0.3 is 5.73 Å². The average Bonchev–Trinajstić information content (AvgIpc) is 2.43. The molecule has 0 radical (unpaired) electrons. The van der Waals surface area contributed by atoms with Crippen molar-refractivity contribution in [2.45, 2.75) is 33.6 Å². The molecular formula is C14H22N2O3S. The summed E-state index contributed by atoms with van der Waals surface area (Å²) >= 11 is 0. The number of carbonyl (C=O) groups excluding carboxylic acids is 1. The summed E-state index contributed by atoms with van der Waals surface area (Å²) in [4.78, 5) is 11.3. The minimum atomic E-state index is -3.54. The number of aryl methyl sites for hydroxylation is 2. The van der Waals surface area contributed by atoms with Crippen LogP contribution in [0.5, 0.6) is 0 Å². The fourth-order valence-electron chi connectivity index (χ4n) is 2.15. The van der Waals surface area contributed by atoms with Gasteiger partial charge in [0.15, 0.2) is 0 Å². The molecule has 0 atom stereocenters. The van der Waals surface area contributed by atoms with E-state index in [2.05, 4.69) is 0 Å². The van der Waals surface area contributed by atoms with Crippen molar-refractivity contribution in [2.24, 2.45) is 5.73 Å². The first-order valence-corrected chi connectivity index (χ1v) is 8.37. The van der Waals surface area contributed by atoms with E-state index in [0.717, 1.165) is 15.4 Å². The van der Waals surface area contributed by atoms with Crippen molar-refractivity contribution in [1.29, 1.82) is 0 Å². The molecule has 0 aliphatic rings. The van der Waals surface area contributed by atoms with Crippen LogP contribution in [0, 0.1) is 0 Å². The molecule has 1 aromatic carbocycles. The fraction of sp³-hybridized carbons (Fsp3) is 0.500. The van der Waals surface area contributed by atoms with Crippen LogP contribution in [0.1, 0.15) is 31.9 Å². The Labute approximate surface area is 120 Å². The zero-order chi connectivity index (χ0) is 15.3. The molecule has 0 bridgehead atoms. The van der Waals surface area contributed by atoms with E-state index in [1.54, 1.807) is 6.92 Å². The van der Waals surface area contributed by atoms with Crippen molar-refractivity contribution >= 4 is 21.6 Å². The first-order chi connectivity index (χ1) is 9.37. The molecule has 2 N–H and O–H groups in total. The van der Waals surface area contributed by atoms with Crippen LogP contribution >= 0.6 is 0 Å². The van der Waals surface area contributed by atoms with Gasteiger partial charge in [0, 0.05) is 0 Å². The molecule has 0 heterocycles. The molecule has 6 heteroatoms. The van der Waals surface area contributed by atoms with Crippen molar-refractivity contribution in [3.63, 3.8) is 0 Å². The summed E-state index contributed by atoms with van der Waals surface area (Å²) in [6, 6.07) is 5.67. The first kappa shape index (κ1) is 16.5. The number of hydrogen-bond donors (Lipinski definition) is 1. The Morgan fingerprint density at radius 3 is 2.00 bits per heavy atom. The van der Waals surface area contributed by atoms with Gasteiger partial charge in [0.25, 0.3) is 0 Å². The van der Waals surface area contributed by atoms with Gasteiger partial charge in [0.2, 0.25) is 15.9 Å². The van der Waals surface area contributed by atoms with E-state index in [1.165, 1.54) is 0 Å². The Morgan fingerprint density at radius 2 is 1.65 bits per heavy atom. The number of primary amides is 1. The average molecular weight is 298 g/mol. The monoisotopic (exact) mass is 298 g/mol. The number of amides is 1. The SMILES string of the molecule is CCc1cccc(CC)c1N(CC(N)=O)S(=O)(=O)CC. The summed E-state index contributed by atoms with van der Waals surface area (Å²) < 4.78 is 25.7. The molecule has 0 aliphatic carbocycles. The zero-order valence-corrected chi connectivity index (χ0v) is 13.0. The molecule has 1 rings (SSSR count). The van der Waals surface area contributed by atoms with Crippen LogP contribution in [0.2, 0.25) is 0 Å². The molecule has 20 heavy (non-hydrogen) atoms. The van der Waals surface area contributed by atoms with Gasteiger partial charge in [0.1, 0.15) is 6.54 Å². The molecule has 112 valence electrons. The summed E-state index contributed by atoms with van der Waals surface area (Å²) in [7, 11) is -3.54. The summed E-state index contributed by atoms with van der Waals surface area (Å²) in [5, 5.41) is 0. The Morgan fingerprint density at radius 1 is 1.15 bits per heavy atom. The molecule has 5 nitrogen and oxygen atoms in total. The second kappa shape index (κ2) is 6.74. The van der Waals surface area contributed by atoms with Crippen LogP contribution in [-0.4, -0.2) is 26.6 Å². The number of benzene rings is 1. The third-order valence-electron chi connectivity index (χ3n) is 3.21. The van der Waals surface area contributed by atoms with E-state index in [9.17, 15) is 13.2 Å². The highest BCUT2D eigenvalue weighted by Crippen LogP contribution is 2.29. The van der Waals surface area contributed by atoms with Gasteiger partial charge in [-0.1, -0.05) is 32.0 Å². The van der Waals surface area contributed by atoms with Gasteiger partial charge in [-0.15, -0.1) is 0 Å². The topological polar surface area (TPSA) is 80.5 Å². The third kappa shape index (κ3) is 3.50. The second-order valence-corrected chi connectivity index (χ2v) is 6.69. The van der Waals surface area contributed by atoms with Gasteiger partial charge in [-0.2, -0.15) is 0 Å². The smallest absolute Gasteiger partial charge is 0.238 e. The van der Waals surface area contributed by atoms with Crippen LogP contribution in [0.15, 0.2) is 18.2 Å². The first-order valence-electron chi connectivity index (χ1n) is 6.76. The fourth-order valence-corrected chi connectivity index (χ4v) is 3.30. The number of sulfonamides is 1. The van der Waals surface area contributed by atoms with Crippen molar-refractivity contribution in [1.82, 2.24) is 0 Å². The molecule has 0 spiro atoms. The standard InChI is InChI=1S/C14H22N2O3S/c1-4-11-8-7-9-12(5-2)14(11)16(10-13(15)17)20(18,19)6-3/h7-9H,4-6,10H2,1-3H3,(H2,15,17). The lowest BCUT2D eigenvalue weighted by atomic mass is 10.0. The van der Waals surface area contributed by atoms with E-state index in [1.807, 2.05) is 32.0 Å². The molecule has 0 saturated heterocycles. The van der Waals surface area contributed by atoms with Crippen molar-refractivity contribution in [3.05, 3.63) is 29.3 Å². The quantitative estimate of drug-likeness (QED) is 0.827. The van der Waals surface area contributed by atoms with Gasteiger partial charge in [-0.3, -0.25) is 9.10 Å². The largest absolute Gasteiger partial charge is 0.368 e. The zero-order valence-electron chi connectivity index (χ0n) is 12.2. The molecule has 0 aliphatic heterocycles. The third-order valence-corrected chi connectivity index (χ3v) is 4.93. The van der Waals surface area contributed by atoms with Gasteiger partial charge in [0.05, 0.1) is 11.4 Å². The summed E-state index contributed by atoms with van der Waals surface area (Å²) in [6.07, 6.45) is 1.38. The number of para-hydroxylation sites is 1. The van der Waals surface area contributed by atoms with E-state index < -0.39 is 15.9 Å². The lowest BCUT2D eigenvalue weighted by Gasteiger charge is -2.27. The normalized spacial score (nSPS) is 11.3.